The van der Waals surface area contributed by atoms with Crippen molar-refractivity contribution in [1.82, 2.24) is 15.1 Å². The smallest absolute Gasteiger partial charge is 0.337 e. The van der Waals surface area contributed by atoms with Crippen LogP contribution in [0.4, 0.5) is 14.9 Å². The third-order valence-electron chi connectivity index (χ3n) is 6.11. The normalized spacial score (nSPS) is 13.2. The number of hydrogen-bond donors (Lipinski definition) is 1. The molecule has 0 bridgehead atoms. The number of halogens is 2. The van der Waals surface area contributed by atoms with Crippen LogP contribution in [0, 0.1) is 12.7 Å². The average molecular weight is 507 g/mol. The van der Waals surface area contributed by atoms with Gasteiger partial charge < -0.3 is 10.1 Å². The molecule has 2 heterocycles. The molecule has 3 aromatic carbocycles. The predicted molar refractivity (Wildman–Crippen MR) is 133 cm³/mol. The van der Waals surface area contributed by atoms with Gasteiger partial charge >= 0.3 is 12.0 Å². The summed E-state index contributed by atoms with van der Waals surface area (Å²) in [5.74, 6) is -1.87. The van der Waals surface area contributed by atoms with Crippen LogP contribution >= 0.6 is 11.6 Å². The van der Waals surface area contributed by atoms with Crippen LogP contribution in [0.1, 0.15) is 26.3 Å². The number of fused-ring (bicyclic) bond motifs is 1. The molecule has 0 aliphatic carbocycles. The summed E-state index contributed by atoms with van der Waals surface area (Å²) < 4.78 is 21.0. The van der Waals surface area contributed by atoms with Crippen molar-refractivity contribution in [3.05, 3.63) is 82.1 Å². The number of benzene rings is 3. The lowest BCUT2D eigenvalue weighted by atomic mass is 10.0. The molecule has 0 radical (unpaired) electrons. The van der Waals surface area contributed by atoms with Gasteiger partial charge in [0.2, 0.25) is 0 Å². The Morgan fingerprint density at radius 3 is 2.61 bits per heavy atom. The molecular formula is C26H20ClFN4O4. The zero-order chi connectivity index (χ0) is 25.6. The maximum absolute atomic E-state index is 15.2. The summed E-state index contributed by atoms with van der Waals surface area (Å²) in [6.07, 6.45) is 0. The topological polar surface area (TPSA) is 93.5 Å². The molecule has 1 aliphatic heterocycles. The van der Waals surface area contributed by atoms with E-state index < -0.39 is 17.7 Å². The van der Waals surface area contributed by atoms with E-state index in [0.29, 0.717) is 35.2 Å². The SMILES string of the molecule is COC(=O)c1ccc(-c2nn(C(=O)c3c(C)cccc3Cl)c3cc(N4CCNC4=O)ccc23)c(F)c1. The van der Waals surface area contributed by atoms with Crippen LogP contribution in [0.25, 0.3) is 22.2 Å². The van der Waals surface area contributed by atoms with E-state index in [9.17, 15) is 14.4 Å². The Morgan fingerprint density at radius 1 is 1.14 bits per heavy atom. The van der Waals surface area contributed by atoms with Gasteiger partial charge in [0.15, 0.2) is 0 Å². The number of urea groups is 1. The largest absolute Gasteiger partial charge is 0.465 e. The Morgan fingerprint density at radius 2 is 1.94 bits per heavy atom. The lowest BCUT2D eigenvalue weighted by Crippen LogP contribution is -2.27. The lowest BCUT2D eigenvalue weighted by Gasteiger charge is -2.14. The highest BCUT2D eigenvalue weighted by atomic mass is 35.5. The monoisotopic (exact) mass is 506 g/mol. The first-order valence-electron chi connectivity index (χ1n) is 11.1. The summed E-state index contributed by atoms with van der Waals surface area (Å²) in [5, 5.41) is 7.98. The van der Waals surface area contributed by atoms with Gasteiger partial charge in [-0.1, -0.05) is 23.7 Å². The van der Waals surface area contributed by atoms with Crippen molar-refractivity contribution in [2.45, 2.75) is 6.92 Å². The number of anilines is 1. The van der Waals surface area contributed by atoms with Gasteiger partial charge in [-0.15, -0.1) is 0 Å². The number of nitrogens with zero attached hydrogens (tertiary/aromatic N) is 3. The number of amides is 2. The number of rotatable bonds is 4. The van der Waals surface area contributed by atoms with Crippen LogP contribution in [-0.2, 0) is 4.74 Å². The second-order valence-electron chi connectivity index (χ2n) is 8.27. The summed E-state index contributed by atoms with van der Waals surface area (Å²) in [7, 11) is 1.21. The van der Waals surface area contributed by atoms with Gasteiger partial charge in [0.1, 0.15) is 11.5 Å². The third kappa shape index (κ3) is 3.87. The fourth-order valence-corrected chi connectivity index (χ4v) is 4.61. The molecule has 0 atom stereocenters. The van der Waals surface area contributed by atoms with E-state index >= 15 is 4.39 Å². The van der Waals surface area contributed by atoms with Crippen molar-refractivity contribution in [2.75, 3.05) is 25.1 Å². The first kappa shape index (κ1) is 23.5. The van der Waals surface area contributed by atoms with Gasteiger partial charge in [-0.2, -0.15) is 9.78 Å². The maximum atomic E-state index is 15.2. The highest BCUT2D eigenvalue weighted by Crippen LogP contribution is 2.34. The highest BCUT2D eigenvalue weighted by molar-refractivity contribution is 6.34. The first-order chi connectivity index (χ1) is 17.3. The molecule has 5 rings (SSSR count). The number of ether oxygens (including phenoxy) is 1. The molecule has 1 fully saturated rings. The summed E-state index contributed by atoms with van der Waals surface area (Å²) in [5.41, 5.74) is 2.21. The van der Waals surface area contributed by atoms with Crippen LogP contribution in [0.5, 0.6) is 0 Å². The molecule has 10 heteroatoms. The number of hydrogen-bond acceptors (Lipinski definition) is 5. The van der Waals surface area contributed by atoms with Crippen LogP contribution in [-0.4, -0.2) is 47.9 Å². The zero-order valence-corrected chi connectivity index (χ0v) is 20.1. The van der Waals surface area contributed by atoms with E-state index in [1.54, 1.807) is 48.2 Å². The van der Waals surface area contributed by atoms with Crippen LogP contribution in [0.15, 0.2) is 54.6 Å². The van der Waals surface area contributed by atoms with E-state index in [1.165, 1.54) is 23.9 Å². The summed E-state index contributed by atoms with van der Waals surface area (Å²) >= 11 is 6.36. The van der Waals surface area contributed by atoms with Crippen molar-refractivity contribution < 1.29 is 23.5 Å². The molecule has 1 N–H and O–H groups in total. The summed E-state index contributed by atoms with van der Waals surface area (Å²) in [6.45, 7) is 2.72. The van der Waals surface area contributed by atoms with E-state index in [1.807, 2.05) is 0 Å². The van der Waals surface area contributed by atoms with Gasteiger partial charge in [0.25, 0.3) is 5.91 Å². The second kappa shape index (κ2) is 9.09. The fourth-order valence-electron chi connectivity index (χ4n) is 4.30. The van der Waals surface area contributed by atoms with Crippen LogP contribution in [0.2, 0.25) is 5.02 Å². The quantitative estimate of drug-likeness (QED) is 0.401. The molecule has 182 valence electrons. The molecule has 1 saturated heterocycles. The molecular weight excluding hydrogens is 487 g/mol. The van der Waals surface area contributed by atoms with Crippen molar-refractivity contribution >= 4 is 46.1 Å². The maximum Gasteiger partial charge on any atom is 0.337 e. The van der Waals surface area contributed by atoms with Gasteiger partial charge in [-0.05, 0) is 55.0 Å². The van der Waals surface area contributed by atoms with Crippen molar-refractivity contribution in [3.8, 4) is 11.3 Å². The Kier molecular flexibility index (Phi) is 5.93. The van der Waals surface area contributed by atoms with Gasteiger partial charge in [0.05, 0.1) is 28.8 Å². The van der Waals surface area contributed by atoms with Crippen LogP contribution in [0.3, 0.4) is 0 Å². The molecule has 36 heavy (non-hydrogen) atoms. The molecule has 1 aromatic heterocycles. The lowest BCUT2D eigenvalue weighted by molar-refractivity contribution is 0.0600. The van der Waals surface area contributed by atoms with Crippen molar-refractivity contribution in [3.63, 3.8) is 0 Å². The molecule has 8 nitrogen and oxygen atoms in total. The molecule has 2 amide bonds. The second-order valence-corrected chi connectivity index (χ2v) is 8.68. The molecule has 0 saturated carbocycles. The minimum atomic E-state index is -0.700. The highest BCUT2D eigenvalue weighted by Gasteiger charge is 2.26. The van der Waals surface area contributed by atoms with Crippen molar-refractivity contribution in [1.29, 1.82) is 0 Å². The Balaban J connectivity index is 1.73. The van der Waals surface area contributed by atoms with E-state index in [-0.39, 0.29) is 33.4 Å². The number of nitrogens with one attached hydrogen (secondary N) is 1. The number of esters is 1. The van der Waals surface area contributed by atoms with Gasteiger partial charge in [0, 0.05) is 29.7 Å². The van der Waals surface area contributed by atoms with Crippen molar-refractivity contribution in [2.24, 2.45) is 0 Å². The molecule has 0 spiro atoms. The third-order valence-corrected chi connectivity index (χ3v) is 6.42. The van der Waals surface area contributed by atoms with E-state index in [0.717, 1.165) is 6.07 Å². The number of carbonyl (C=O) groups is 3. The first-order valence-corrected chi connectivity index (χ1v) is 11.4. The van der Waals surface area contributed by atoms with E-state index in [2.05, 4.69) is 15.2 Å². The number of aromatic nitrogens is 2. The number of methoxy groups -OCH3 is 1. The fraction of sp³-hybridized carbons (Fsp3) is 0.154. The minimum Gasteiger partial charge on any atom is -0.465 e. The minimum absolute atomic E-state index is 0.0487. The van der Waals surface area contributed by atoms with E-state index in [4.69, 9.17) is 11.6 Å². The average Bonchev–Trinajstić information content (AvgIpc) is 3.46. The number of carbonyl (C=O) groups excluding carboxylic acids is 3. The van der Waals surface area contributed by atoms with Gasteiger partial charge in [-0.3, -0.25) is 9.69 Å². The predicted octanol–water partition coefficient (Wildman–Crippen LogP) is 4.81. The molecule has 4 aromatic rings. The summed E-state index contributed by atoms with van der Waals surface area (Å²) in [4.78, 5) is 39.3. The van der Waals surface area contributed by atoms with Crippen LogP contribution < -0.4 is 10.2 Å². The Labute approximate surface area is 210 Å². The standard InChI is InChI=1S/C26H20ClFN4O4/c1-14-4-3-5-19(27)22(14)24(33)32-21-13-16(31-11-10-29-26(31)35)7-9-18(21)23(30-32)17-8-6-15(12-20(17)28)25(34)36-2/h3-9,12-13H,10-11H2,1-2H3,(H,29,35). The van der Waals surface area contributed by atoms with Gasteiger partial charge in [-0.25, -0.2) is 14.0 Å². The Hall–Kier alpha value is -4.24. The zero-order valence-electron chi connectivity index (χ0n) is 19.3. The molecule has 1 aliphatic rings. The Bertz CT molecular complexity index is 1550. The summed E-state index contributed by atoms with van der Waals surface area (Å²) in [6, 6.07) is 13.8. The molecule has 0 unspecified atom stereocenters. The number of aryl methyl sites for hydroxylation is 1.